The quantitative estimate of drug-likeness (QED) is 0.142. The van der Waals surface area contributed by atoms with Gasteiger partial charge in [-0.15, -0.1) is 0 Å². The molecule has 0 saturated heterocycles. The van der Waals surface area contributed by atoms with Crippen molar-refractivity contribution in [3.05, 3.63) is 0 Å². The molecular weight excluding hydrogens is 355 g/mol. The first-order chi connectivity index (χ1) is 9.85. The van der Waals surface area contributed by atoms with E-state index in [9.17, 15) is 0 Å². The molecule has 20 heavy (non-hydrogen) atoms. The lowest BCUT2D eigenvalue weighted by Crippen LogP contribution is -2.01. The van der Waals surface area contributed by atoms with E-state index in [-0.39, 0.29) is 0 Å². The van der Waals surface area contributed by atoms with Crippen molar-refractivity contribution < 1.29 is 0 Å². The molecule has 122 valence electrons. The van der Waals surface area contributed by atoms with Crippen molar-refractivity contribution >= 4 is 22.6 Å². The highest BCUT2D eigenvalue weighted by Gasteiger charge is 2.07. The predicted octanol–water partition coefficient (Wildman–Crippen LogP) is 7.93. The molecule has 1 atom stereocenters. The van der Waals surface area contributed by atoms with E-state index in [1.165, 1.54) is 101 Å². The summed E-state index contributed by atoms with van der Waals surface area (Å²) in [7, 11) is 0. The molecule has 1 unspecified atom stereocenters. The normalized spacial score (nSPS) is 12.8. The van der Waals surface area contributed by atoms with Crippen molar-refractivity contribution in [2.24, 2.45) is 5.92 Å². The summed E-state index contributed by atoms with van der Waals surface area (Å²) in [6, 6.07) is 0. The lowest BCUT2D eigenvalue weighted by Gasteiger charge is -2.15. The molecule has 0 nitrogen and oxygen atoms in total. The second-order valence-electron chi connectivity index (χ2n) is 6.46. The number of hydrogen-bond acceptors (Lipinski definition) is 0. The maximum atomic E-state index is 2.55. The Labute approximate surface area is 143 Å². The third kappa shape index (κ3) is 15.1. The Morgan fingerprint density at radius 1 is 0.550 bits per heavy atom. The summed E-state index contributed by atoms with van der Waals surface area (Å²) in [5.41, 5.74) is 0. The van der Waals surface area contributed by atoms with Gasteiger partial charge in [-0.25, -0.2) is 0 Å². The van der Waals surface area contributed by atoms with Crippen LogP contribution in [0.15, 0.2) is 0 Å². The van der Waals surface area contributed by atoms with Crippen molar-refractivity contribution in [3.63, 3.8) is 0 Å². The number of rotatable bonds is 16. The van der Waals surface area contributed by atoms with Crippen LogP contribution in [0.5, 0.6) is 0 Å². The second kappa shape index (κ2) is 17.8. The fourth-order valence-electron chi connectivity index (χ4n) is 3.01. The van der Waals surface area contributed by atoms with Gasteiger partial charge in [-0.2, -0.15) is 0 Å². The highest BCUT2D eigenvalue weighted by Crippen LogP contribution is 2.22. The second-order valence-corrected chi connectivity index (χ2v) is 7.54. The third-order valence-electron chi connectivity index (χ3n) is 4.45. The van der Waals surface area contributed by atoms with Crippen LogP contribution in [0.4, 0.5) is 0 Å². The van der Waals surface area contributed by atoms with E-state index in [1.54, 1.807) is 0 Å². The Bertz CT molecular complexity index is 167. The van der Waals surface area contributed by atoms with E-state index < -0.39 is 0 Å². The molecule has 0 aromatic heterocycles. The van der Waals surface area contributed by atoms with Crippen molar-refractivity contribution in [2.75, 3.05) is 4.43 Å². The minimum atomic E-state index is 1.03. The minimum absolute atomic E-state index is 1.03. The van der Waals surface area contributed by atoms with E-state index in [0.717, 1.165) is 5.92 Å². The van der Waals surface area contributed by atoms with Crippen LogP contribution in [-0.2, 0) is 0 Å². The average Bonchev–Trinajstić information content (AvgIpc) is 2.45. The summed E-state index contributed by atoms with van der Waals surface area (Å²) in [5.74, 6) is 1.03. The van der Waals surface area contributed by atoms with Crippen molar-refractivity contribution in [3.8, 4) is 0 Å². The molecule has 0 N–H and O–H groups in total. The van der Waals surface area contributed by atoms with E-state index >= 15 is 0 Å². The molecule has 0 aromatic carbocycles. The Kier molecular flexibility index (Phi) is 18.4. The first-order valence-electron chi connectivity index (χ1n) is 9.41. The van der Waals surface area contributed by atoms with Gasteiger partial charge >= 0.3 is 0 Å². The van der Waals surface area contributed by atoms with E-state index in [0.29, 0.717) is 0 Å². The molecule has 0 fully saturated rings. The van der Waals surface area contributed by atoms with Crippen LogP contribution in [0.2, 0.25) is 0 Å². The number of halogens is 1. The molecule has 0 rings (SSSR count). The maximum Gasteiger partial charge on any atom is -0.000209 e. The van der Waals surface area contributed by atoms with Gasteiger partial charge in [0.25, 0.3) is 0 Å². The molecule has 0 aliphatic rings. The van der Waals surface area contributed by atoms with Gasteiger partial charge in [-0.3, -0.25) is 0 Å². The van der Waals surface area contributed by atoms with Crippen LogP contribution < -0.4 is 0 Å². The van der Waals surface area contributed by atoms with Gasteiger partial charge in [0.05, 0.1) is 0 Å². The molecule has 0 bridgehead atoms. The van der Waals surface area contributed by atoms with Crippen LogP contribution in [0, 0.1) is 5.92 Å². The van der Waals surface area contributed by atoms with E-state index in [1.807, 2.05) is 0 Å². The van der Waals surface area contributed by atoms with E-state index in [4.69, 9.17) is 0 Å². The predicted molar refractivity (Wildman–Crippen MR) is 103 cm³/mol. The summed E-state index contributed by atoms with van der Waals surface area (Å²) >= 11 is 2.55. The molecule has 0 aliphatic heterocycles. The van der Waals surface area contributed by atoms with Gasteiger partial charge in [-0.05, 0) is 16.8 Å². The molecule has 0 aliphatic carbocycles. The summed E-state index contributed by atoms with van der Waals surface area (Å²) in [6.45, 7) is 4.61. The number of unbranched alkanes of at least 4 members (excludes halogenated alkanes) is 10. The first-order valence-corrected chi connectivity index (χ1v) is 10.9. The highest BCUT2D eigenvalue weighted by molar-refractivity contribution is 14.1. The molecule has 0 amide bonds. The highest BCUT2D eigenvalue weighted by atomic mass is 127. The van der Waals surface area contributed by atoms with Crippen LogP contribution in [0.1, 0.15) is 110 Å². The third-order valence-corrected chi connectivity index (χ3v) is 5.07. The summed E-state index contributed by atoms with van der Waals surface area (Å²) in [6.07, 6.45) is 21.9. The zero-order valence-electron chi connectivity index (χ0n) is 14.3. The summed E-state index contributed by atoms with van der Waals surface area (Å²) in [4.78, 5) is 0. The van der Waals surface area contributed by atoms with Gasteiger partial charge in [-0.1, -0.05) is 126 Å². The molecule has 0 heterocycles. The topological polar surface area (TPSA) is 0 Å². The summed E-state index contributed by atoms with van der Waals surface area (Å²) in [5, 5.41) is 0. The van der Waals surface area contributed by atoms with Gasteiger partial charge in [0.1, 0.15) is 0 Å². The van der Waals surface area contributed by atoms with Crippen LogP contribution in [-0.4, -0.2) is 4.43 Å². The van der Waals surface area contributed by atoms with E-state index in [2.05, 4.69) is 36.4 Å². The van der Waals surface area contributed by atoms with Crippen LogP contribution in [0.25, 0.3) is 0 Å². The molecule has 1 heteroatoms. The largest absolute Gasteiger partial charge is 0.0864 e. The fraction of sp³-hybridized carbons (Fsp3) is 1.00. The molecule has 0 saturated carbocycles. The Morgan fingerprint density at radius 2 is 0.950 bits per heavy atom. The molecule has 0 aromatic rings. The van der Waals surface area contributed by atoms with Crippen molar-refractivity contribution in [1.29, 1.82) is 0 Å². The Balaban J connectivity index is 3.34. The zero-order chi connectivity index (χ0) is 14.9. The van der Waals surface area contributed by atoms with Crippen LogP contribution in [0.3, 0.4) is 0 Å². The molecule has 0 spiro atoms. The smallest absolute Gasteiger partial charge is 0.000209 e. The van der Waals surface area contributed by atoms with Gasteiger partial charge in [0.15, 0.2) is 0 Å². The standard InChI is InChI=1S/C19H39I/c1-3-5-7-8-9-10-11-12-14-16-19(17-18-20)15-13-6-4-2/h19H,3-18H2,1-2H3. The summed E-state index contributed by atoms with van der Waals surface area (Å²) < 4.78 is 1.35. The van der Waals surface area contributed by atoms with Crippen molar-refractivity contribution in [2.45, 2.75) is 110 Å². The molecular formula is C19H39I. The minimum Gasteiger partial charge on any atom is -0.0864 e. The van der Waals surface area contributed by atoms with Gasteiger partial charge in [0.2, 0.25) is 0 Å². The first kappa shape index (κ1) is 20.7. The lowest BCUT2D eigenvalue weighted by molar-refractivity contribution is 0.399. The maximum absolute atomic E-state index is 2.55. The fourth-order valence-corrected chi connectivity index (χ4v) is 3.89. The van der Waals surface area contributed by atoms with Gasteiger partial charge < -0.3 is 0 Å². The zero-order valence-corrected chi connectivity index (χ0v) is 16.4. The molecule has 0 radical (unpaired) electrons. The van der Waals surface area contributed by atoms with Crippen molar-refractivity contribution in [1.82, 2.24) is 0 Å². The Morgan fingerprint density at radius 3 is 1.45 bits per heavy atom. The average molecular weight is 394 g/mol. The lowest BCUT2D eigenvalue weighted by atomic mass is 9.92. The monoisotopic (exact) mass is 394 g/mol. The number of hydrogen-bond donors (Lipinski definition) is 0. The van der Waals surface area contributed by atoms with Crippen LogP contribution >= 0.6 is 22.6 Å². The SMILES string of the molecule is CCCCCCCCCCCC(CCI)CCCCC. The number of alkyl halides is 1. The van der Waals surface area contributed by atoms with Gasteiger partial charge in [0, 0.05) is 0 Å². The Hall–Kier alpha value is 0.730.